The van der Waals surface area contributed by atoms with Gasteiger partial charge >= 0.3 is 12.0 Å². The third-order valence-corrected chi connectivity index (χ3v) is 3.32. The Bertz CT molecular complexity index is 412. The molecule has 5 nitrogen and oxygen atoms in total. The molecule has 0 bridgehead atoms. The van der Waals surface area contributed by atoms with Gasteiger partial charge in [-0.2, -0.15) is 11.8 Å². The zero-order chi connectivity index (χ0) is 14.1. The van der Waals surface area contributed by atoms with Crippen molar-refractivity contribution < 1.29 is 14.7 Å². The number of hydrogen-bond acceptors (Lipinski definition) is 3. The van der Waals surface area contributed by atoms with Crippen LogP contribution in [0.1, 0.15) is 13.3 Å². The van der Waals surface area contributed by atoms with E-state index in [1.165, 1.54) is 0 Å². The van der Waals surface area contributed by atoms with E-state index in [4.69, 9.17) is 5.11 Å². The summed E-state index contributed by atoms with van der Waals surface area (Å²) in [6, 6.07) is 7.54. The maximum atomic E-state index is 11.7. The molecule has 0 aliphatic heterocycles. The van der Waals surface area contributed by atoms with Crippen LogP contribution in [0, 0.1) is 0 Å². The number of aliphatic carboxylic acids is 1. The van der Waals surface area contributed by atoms with Crippen LogP contribution in [0.5, 0.6) is 0 Å². The average molecular weight is 282 g/mol. The number of benzene rings is 1. The van der Waals surface area contributed by atoms with E-state index in [1.807, 2.05) is 13.0 Å². The molecule has 0 saturated heterocycles. The fourth-order valence-electron chi connectivity index (χ4n) is 1.45. The van der Waals surface area contributed by atoms with Crippen LogP contribution >= 0.6 is 11.8 Å². The highest BCUT2D eigenvalue weighted by atomic mass is 32.2. The summed E-state index contributed by atoms with van der Waals surface area (Å²) in [5, 5.41) is 14.1. The highest BCUT2D eigenvalue weighted by Gasteiger charge is 2.19. The molecule has 6 heteroatoms. The zero-order valence-electron chi connectivity index (χ0n) is 10.8. The van der Waals surface area contributed by atoms with Gasteiger partial charge in [0.1, 0.15) is 6.04 Å². The van der Waals surface area contributed by atoms with Gasteiger partial charge in [-0.3, -0.25) is 0 Å². The molecule has 0 saturated carbocycles. The molecular weight excluding hydrogens is 264 g/mol. The average Bonchev–Trinajstić information content (AvgIpc) is 2.38. The smallest absolute Gasteiger partial charge is 0.326 e. The molecule has 1 aromatic carbocycles. The molecule has 1 aromatic rings. The zero-order valence-corrected chi connectivity index (χ0v) is 11.6. The number of thioether (sulfide) groups is 1. The molecule has 0 aromatic heterocycles. The van der Waals surface area contributed by atoms with Crippen LogP contribution in [0.15, 0.2) is 30.3 Å². The van der Waals surface area contributed by atoms with Crippen molar-refractivity contribution in [3.8, 4) is 0 Å². The Balaban J connectivity index is 2.45. The van der Waals surface area contributed by atoms with Gasteiger partial charge in [-0.1, -0.05) is 25.1 Å². The van der Waals surface area contributed by atoms with E-state index in [0.29, 0.717) is 17.9 Å². The second-order valence-electron chi connectivity index (χ2n) is 3.84. The number of hydrogen-bond donors (Lipinski definition) is 3. The Morgan fingerprint density at radius 1 is 1.32 bits per heavy atom. The number of rotatable bonds is 7. The fourth-order valence-corrected chi connectivity index (χ4v) is 2.14. The summed E-state index contributed by atoms with van der Waals surface area (Å²) in [4.78, 5) is 22.7. The summed E-state index contributed by atoms with van der Waals surface area (Å²) in [5.41, 5.74) is 0.632. The molecule has 0 radical (unpaired) electrons. The number of amides is 2. The molecule has 19 heavy (non-hydrogen) atoms. The lowest BCUT2D eigenvalue weighted by Gasteiger charge is -2.14. The normalized spacial score (nSPS) is 11.6. The van der Waals surface area contributed by atoms with Gasteiger partial charge in [-0.05, 0) is 30.1 Å². The molecular formula is C13H18N2O3S. The standard InChI is InChI=1S/C13H18N2O3S/c1-2-19-9-8-11(12(16)17)15-13(18)14-10-6-4-3-5-7-10/h3-7,11H,2,8-9H2,1H3,(H,16,17)(H2,14,15,18). The Kier molecular flexibility index (Phi) is 6.81. The first-order chi connectivity index (χ1) is 9.13. The molecule has 1 atom stereocenters. The molecule has 104 valence electrons. The first kappa shape index (κ1) is 15.4. The molecule has 0 fully saturated rings. The maximum Gasteiger partial charge on any atom is 0.326 e. The van der Waals surface area contributed by atoms with Crippen molar-refractivity contribution in [3.63, 3.8) is 0 Å². The topological polar surface area (TPSA) is 78.4 Å². The first-order valence-electron chi connectivity index (χ1n) is 6.06. The highest BCUT2D eigenvalue weighted by molar-refractivity contribution is 7.99. The van der Waals surface area contributed by atoms with E-state index < -0.39 is 18.0 Å². The van der Waals surface area contributed by atoms with E-state index in [2.05, 4.69) is 10.6 Å². The van der Waals surface area contributed by atoms with Crippen LogP contribution in [-0.2, 0) is 4.79 Å². The summed E-state index contributed by atoms with van der Waals surface area (Å²) >= 11 is 1.65. The first-order valence-corrected chi connectivity index (χ1v) is 7.22. The van der Waals surface area contributed by atoms with E-state index in [-0.39, 0.29) is 0 Å². The number of para-hydroxylation sites is 1. The molecule has 0 aliphatic rings. The number of carboxylic acid groups (broad SMARTS) is 1. The summed E-state index contributed by atoms with van der Waals surface area (Å²) < 4.78 is 0. The molecule has 3 N–H and O–H groups in total. The third kappa shape index (κ3) is 6.15. The number of nitrogens with one attached hydrogen (secondary N) is 2. The van der Waals surface area contributed by atoms with Gasteiger partial charge in [0, 0.05) is 5.69 Å². The maximum absolute atomic E-state index is 11.7. The quantitative estimate of drug-likeness (QED) is 0.671. The minimum Gasteiger partial charge on any atom is -0.480 e. The lowest BCUT2D eigenvalue weighted by Crippen LogP contribution is -2.43. The van der Waals surface area contributed by atoms with Gasteiger partial charge in [0.15, 0.2) is 0 Å². The number of carbonyl (C=O) groups is 2. The summed E-state index contributed by atoms with van der Waals surface area (Å²) in [6.45, 7) is 2.01. The molecule has 1 unspecified atom stereocenters. The van der Waals surface area contributed by atoms with E-state index in [9.17, 15) is 9.59 Å². The van der Waals surface area contributed by atoms with E-state index >= 15 is 0 Å². The second-order valence-corrected chi connectivity index (χ2v) is 5.23. The predicted octanol–water partition coefficient (Wildman–Crippen LogP) is 2.40. The van der Waals surface area contributed by atoms with Crippen LogP contribution in [-0.4, -0.2) is 34.7 Å². The van der Waals surface area contributed by atoms with Crippen molar-refractivity contribution in [3.05, 3.63) is 30.3 Å². The Morgan fingerprint density at radius 3 is 2.58 bits per heavy atom. The molecule has 1 rings (SSSR count). The number of carbonyl (C=O) groups excluding carboxylic acids is 1. The number of urea groups is 1. The van der Waals surface area contributed by atoms with Gasteiger partial charge in [-0.15, -0.1) is 0 Å². The van der Waals surface area contributed by atoms with Gasteiger partial charge in [0.05, 0.1) is 0 Å². The SMILES string of the molecule is CCSCCC(NC(=O)Nc1ccccc1)C(=O)O. The molecule has 0 heterocycles. The lowest BCUT2D eigenvalue weighted by atomic mass is 10.2. The summed E-state index contributed by atoms with van der Waals surface area (Å²) in [7, 11) is 0. The molecule has 2 amide bonds. The van der Waals surface area contributed by atoms with Gasteiger partial charge in [-0.25, -0.2) is 9.59 Å². The van der Waals surface area contributed by atoms with E-state index in [1.54, 1.807) is 36.0 Å². The van der Waals surface area contributed by atoms with Crippen molar-refractivity contribution in [1.29, 1.82) is 0 Å². The van der Waals surface area contributed by atoms with Crippen molar-refractivity contribution in [1.82, 2.24) is 5.32 Å². The number of carboxylic acids is 1. The van der Waals surface area contributed by atoms with Crippen molar-refractivity contribution in [2.75, 3.05) is 16.8 Å². The second kappa shape index (κ2) is 8.42. The number of anilines is 1. The lowest BCUT2D eigenvalue weighted by molar-refractivity contribution is -0.139. The van der Waals surface area contributed by atoms with Gasteiger partial charge in [0.2, 0.25) is 0 Å². The molecule has 0 aliphatic carbocycles. The minimum absolute atomic E-state index is 0.413. The van der Waals surface area contributed by atoms with Crippen molar-refractivity contribution in [2.45, 2.75) is 19.4 Å². The Labute approximate surface area is 116 Å². The Morgan fingerprint density at radius 2 is 2.00 bits per heavy atom. The van der Waals surface area contributed by atoms with Crippen LogP contribution in [0.3, 0.4) is 0 Å². The van der Waals surface area contributed by atoms with Gasteiger partial charge < -0.3 is 15.7 Å². The van der Waals surface area contributed by atoms with Crippen LogP contribution in [0.25, 0.3) is 0 Å². The fraction of sp³-hybridized carbons (Fsp3) is 0.385. The monoisotopic (exact) mass is 282 g/mol. The summed E-state index contributed by atoms with van der Waals surface area (Å²) in [5.74, 6) is 0.627. The summed E-state index contributed by atoms with van der Waals surface area (Å²) in [6.07, 6.45) is 0.413. The van der Waals surface area contributed by atoms with Crippen molar-refractivity contribution in [2.24, 2.45) is 0 Å². The predicted molar refractivity (Wildman–Crippen MR) is 77.6 cm³/mol. The van der Waals surface area contributed by atoms with Crippen LogP contribution in [0.2, 0.25) is 0 Å². The molecule has 0 spiro atoms. The van der Waals surface area contributed by atoms with Gasteiger partial charge in [0.25, 0.3) is 0 Å². The van der Waals surface area contributed by atoms with E-state index in [0.717, 1.165) is 5.75 Å². The van der Waals surface area contributed by atoms with Crippen LogP contribution in [0.4, 0.5) is 10.5 Å². The highest BCUT2D eigenvalue weighted by Crippen LogP contribution is 2.07. The van der Waals surface area contributed by atoms with Crippen LogP contribution < -0.4 is 10.6 Å². The third-order valence-electron chi connectivity index (χ3n) is 2.39. The largest absolute Gasteiger partial charge is 0.480 e. The van der Waals surface area contributed by atoms with Crippen molar-refractivity contribution >= 4 is 29.4 Å². The Hall–Kier alpha value is -1.69. The minimum atomic E-state index is -1.01.